The molecular formula is C27H33N3O2. The number of para-hydroxylation sites is 2. The number of nitrogens with zero attached hydrogens (tertiary/aromatic N) is 1. The highest BCUT2D eigenvalue weighted by Crippen LogP contribution is 2.28. The number of benzene rings is 3. The average Bonchev–Trinajstić information content (AvgIpc) is 3.38. The Bertz CT molecular complexity index is 1040. The zero-order valence-corrected chi connectivity index (χ0v) is 18.2. The maximum Gasteiger partial charge on any atom is 0.251 e. The van der Waals surface area contributed by atoms with E-state index in [1.54, 1.807) is 12.1 Å². The minimum Gasteiger partial charge on any atom is -0.370 e. The molecule has 0 bridgehead atoms. The minimum absolute atomic E-state index is 0. The van der Waals surface area contributed by atoms with Gasteiger partial charge < -0.3 is 15.5 Å². The molecular weight excluding hydrogens is 398 g/mol. The van der Waals surface area contributed by atoms with Gasteiger partial charge in [0.1, 0.15) is 6.04 Å². The molecule has 2 amide bonds. The average molecular weight is 432 g/mol. The molecule has 4 rings (SSSR count). The van der Waals surface area contributed by atoms with Gasteiger partial charge in [0.05, 0.1) is 11.4 Å². The van der Waals surface area contributed by atoms with E-state index in [1.165, 1.54) is 0 Å². The lowest BCUT2D eigenvalue weighted by Gasteiger charge is -2.23. The fourth-order valence-corrected chi connectivity index (χ4v) is 4.09. The van der Waals surface area contributed by atoms with E-state index in [0.717, 1.165) is 42.9 Å². The second-order valence-electron chi connectivity index (χ2n) is 8.12. The number of carbonyl (C=O) groups is 2. The molecule has 2 N–H and O–H groups in total. The van der Waals surface area contributed by atoms with Gasteiger partial charge in [0.15, 0.2) is 0 Å². The van der Waals surface area contributed by atoms with Crippen LogP contribution in [-0.4, -0.2) is 30.9 Å². The number of anilines is 2. The van der Waals surface area contributed by atoms with Crippen LogP contribution in [0.4, 0.5) is 11.4 Å². The summed E-state index contributed by atoms with van der Waals surface area (Å²) in [5.74, 6) is -0.441. The summed E-state index contributed by atoms with van der Waals surface area (Å²) in [6.45, 7) is 1.99. The van der Waals surface area contributed by atoms with Crippen LogP contribution < -0.4 is 15.5 Å². The van der Waals surface area contributed by atoms with E-state index in [0.29, 0.717) is 18.4 Å². The van der Waals surface area contributed by atoms with E-state index >= 15 is 0 Å². The summed E-state index contributed by atoms with van der Waals surface area (Å²) in [6, 6.07) is 26.3. The Hall–Kier alpha value is -3.60. The molecule has 0 spiro atoms. The molecule has 0 aliphatic carbocycles. The van der Waals surface area contributed by atoms with Crippen LogP contribution in [0, 0.1) is 0 Å². The highest BCUT2D eigenvalue weighted by atomic mass is 16.2. The van der Waals surface area contributed by atoms with Crippen molar-refractivity contribution >= 4 is 23.2 Å². The molecule has 32 heavy (non-hydrogen) atoms. The smallest absolute Gasteiger partial charge is 0.251 e. The van der Waals surface area contributed by atoms with Crippen LogP contribution >= 0.6 is 0 Å². The summed E-state index contributed by atoms with van der Waals surface area (Å²) < 4.78 is 0. The van der Waals surface area contributed by atoms with Gasteiger partial charge in [-0.05, 0) is 55.5 Å². The first-order valence-corrected chi connectivity index (χ1v) is 11.3. The number of amides is 2. The Morgan fingerprint density at radius 1 is 0.844 bits per heavy atom. The van der Waals surface area contributed by atoms with Crippen LogP contribution in [0.25, 0.3) is 0 Å². The van der Waals surface area contributed by atoms with E-state index in [1.807, 2.05) is 72.8 Å². The van der Waals surface area contributed by atoms with Crippen molar-refractivity contribution in [3.63, 3.8) is 0 Å². The Kier molecular flexibility index (Phi) is 7.18. The van der Waals surface area contributed by atoms with Gasteiger partial charge in [-0.2, -0.15) is 0 Å². The zero-order chi connectivity index (χ0) is 22.2. The molecule has 5 heteroatoms. The summed E-state index contributed by atoms with van der Waals surface area (Å²) in [5, 5.41) is 6.03. The Morgan fingerprint density at radius 3 is 2.19 bits per heavy atom. The van der Waals surface area contributed by atoms with Crippen molar-refractivity contribution < 1.29 is 12.4 Å². The van der Waals surface area contributed by atoms with Gasteiger partial charge in [-0.1, -0.05) is 60.7 Å². The summed E-state index contributed by atoms with van der Waals surface area (Å²) in [6.07, 6.45) is 3.53. The molecule has 1 unspecified atom stereocenters. The molecule has 1 saturated heterocycles. The first-order valence-electron chi connectivity index (χ1n) is 11.3. The predicted molar refractivity (Wildman–Crippen MR) is 133 cm³/mol. The van der Waals surface area contributed by atoms with Gasteiger partial charge in [-0.3, -0.25) is 9.59 Å². The number of rotatable bonds is 8. The Morgan fingerprint density at radius 2 is 1.47 bits per heavy atom. The molecule has 1 atom stereocenters. The number of hydrogen-bond acceptors (Lipinski definition) is 3. The van der Waals surface area contributed by atoms with Gasteiger partial charge in [-0.25, -0.2) is 0 Å². The molecule has 3 aromatic rings. The highest BCUT2D eigenvalue weighted by molar-refractivity contribution is 6.02. The Labute approximate surface area is 192 Å². The second-order valence-corrected chi connectivity index (χ2v) is 8.12. The van der Waals surface area contributed by atoms with Gasteiger partial charge in [0, 0.05) is 21.5 Å². The SMILES string of the molecule is O=C(NC(CCc1ccccc1)C(=O)Nc1ccccc1N1CCCC1)c1ccccc1.[HH].[HH]. The quantitative estimate of drug-likeness (QED) is 0.519. The van der Waals surface area contributed by atoms with Crippen molar-refractivity contribution in [3.05, 3.63) is 96.1 Å². The molecule has 5 nitrogen and oxygen atoms in total. The van der Waals surface area contributed by atoms with E-state index in [9.17, 15) is 9.59 Å². The standard InChI is InChI=1S/C27H29N3O2.2H2/c31-26(22-13-5-2-6-14-22)29-24(18-17-21-11-3-1-4-12-21)27(32)28-23-15-7-8-16-25(23)30-19-9-10-20-30;;/h1-8,11-16,24H,9-10,17-20H2,(H,28,32)(H,29,31);2*1H. The van der Waals surface area contributed by atoms with Crippen molar-refractivity contribution in [2.45, 2.75) is 31.7 Å². The van der Waals surface area contributed by atoms with Gasteiger partial charge in [0.2, 0.25) is 5.91 Å². The van der Waals surface area contributed by atoms with E-state index in [2.05, 4.69) is 15.5 Å². The largest absolute Gasteiger partial charge is 0.370 e. The fraction of sp³-hybridized carbons (Fsp3) is 0.259. The van der Waals surface area contributed by atoms with Crippen molar-refractivity contribution in [1.29, 1.82) is 0 Å². The van der Waals surface area contributed by atoms with Crippen LogP contribution in [-0.2, 0) is 11.2 Å². The molecule has 1 heterocycles. The van der Waals surface area contributed by atoms with Crippen molar-refractivity contribution in [2.75, 3.05) is 23.3 Å². The van der Waals surface area contributed by atoms with Crippen LogP contribution in [0.3, 0.4) is 0 Å². The normalized spacial score (nSPS) is 14.1. The lowest BCUT2D eigenvalue weighted by Crippen LogP contribution is -2.44. The molecule has 0 radical (unpaired) electrons. The summed E-state index contributed by atoms with van der Waals surface area (Å²) in [5.41, 5.74) is 3.51. The van der Waals surface area contributed by atoms with Gasteiger partial charge >= 0.3 is 0 Å². The third-order valence-corrected chi connectivity index (χ3v) is 5.83. The number of aryl methyl sites for hydroxylation is 1. The summed E-state index contributed by atoms with van der Waals surface area (Å²) >= 11 is 0. The topological polar surface area (TPSA) is 61.4 Å². The molecule has 0 saturated carbocycles. The Balaban J connectivity index is 0.00000204. The monoisotopic (exact) mass is 431 g/mol. The zero-order valence-electron chi connectivity index (χ0n) is 18.2. The number of carbonyl (C=O) groups excluding carboxylic acids is 2. The van der Waals surface area contributed by atoms with Gasteiger partial charge in [0.25, 0.3) is 5.91 Å². The maximum atomic E-state index is 13.3. The molecule has 0 aromatic heterocycles. The first-order chi connectivity index (χ1) is 15.7. The van der Waals surface area contributed by atoms with Crippen LogP contribution in [0.15, 0.2) is 84.9 Å². The van der Waals surface area contributed by atoms with Crippen LogP contribution in [0.5, 0.6) is 0 Å². The molecule has 1 fully saturated rings. The lowest BCUT2D eigenvalue weighted by atomic mass is 10.0. The lowest BCUT2D eigenvalue weighted by molar-refractivity contribution is -0.118. The molecule has 3 aromatic carbocycles. The molecule has 168 valence electrons. The van der Waals surface area contributed by atoms with Crippen LogP contribution in [0.1, 0.15) is 38.0 Å². The minimum atomic E-state index is -0.644. The number of nitrogens with one attached hydrogen (secondary N) is 2. The third-order valence-electron chi connectivity index (χ3n) is 5.83. The molecule has 1 aliphatic heterocycles. The van der Waals surface area contributed by atoms with Crippen molar-refractivity contribution in [3.8, 4) is 0 Å². The first kappa shape index (κ1) is 21.6. The maximum absolute atomic E-state index is 13.3. The van der Waals surface area contributed by atoms with Gasteiger partial charge in [-0.15, -0.1) is 0 Å². The van der Waals surface area contributed by atoms with Crippen molar-refractivity contribution in [1.82, 2.24) is 5.32 Å². The number of hydrogen-bond donors (Lipinski definition) is 2. The highest BCUT2D eigenvalue weighted by Gasteiger charge is 2.23. The summed E-state index contributed by atoms with van der Waals surface area (Å²) in [7, 11) is 0. The summed E-state index contributed by atoms with van der Waals surface area (Å²) in [4.78, 5) is 28.4. The molecule has 1 aliphatic rings. The second kappa shape index (κ2) is 10.6. The third kappa shape index (κ3) is 5.55. The van der Waals surface area contributed by atoms with Crippen LogP contribution in [0.2, 0.25) is 0 Å². The van der Waals surface area contributed by atoms with E-state index in [4.69, 9.17) is 0 Å². The van der Waals surface area contributed by atoms with E-state index in [-0.39, 0.29) is 14.7 Å². The fourth-order valence-electron chi connectivity index (χ4n) is 4.09. The predicted octanol–water partition coefficient (Wildman–Crippen LogP) is 5.15. The van der Waals surface area contributed by atoms with E-state index < -0.39 is 6.04 Å². The van der Waals surface area contributed by atoms with Crippen molar-refractivity contribution in [2.24, 2.45) is 0 Å².